The van der Waals surface area contributed by atoms with Crippen LogP contribution in [-0.2, 0) is 29.0 Å². The van der Waals surface area contributed by atoms with E-state index in [0.717, 1.165) is 41.5 Å². The number of aliphatic hydroxyl groups is 1. The topological polar surface area (TPSA) is 111 Å². The molecule has 1 aliphatic rings. The Morgan fingerprint density at radius 3 is 2.38 bits per heavy atom. The van der Waals surface area contributed by atoms with Crippen LogP contribution in [0.15, 0.2) is 72.8 Å². The second kappa shape index (κ2) is 15.5. The van der Waals surface area contributed by atoms with Crippen LogP contribution in [0, 0.1) is 13.8 Å². The van der Waals surface area contributed by atoms with Crippen LogP contribution >= 0.6 is 11.8 Å². The molecule has 4 N–H and O–H groups in total. The summed E-state index contributed by atoms with van der Waals surface area (Å²) in [5, 5.41) is 20.3. The molecule has 9 heteroatoms. The highest BCUT2D eigenvalue weighted by atomic mass is 32.2. The Balaban J connectivity index is 1.50. The summed E-state index contributed by atoms with van der Waals surface area (Å²) in [5.41, 5.74) is 5.73. The maximum Gasteiger partial charge on any atom is 0.319 e. The van der Waals surface area contributed by atoms with Gasteiger partial charge in [0, 0.05) is 17.0 Å². The van der Waals surface area contributed by atoms with E-state index in [0.29, 0.717) is 12.2 Å². The Bertz CT molecular complexity index is 1480. The standard InChI is InChI=1S/C36H46N4O4S/c1-6-7-14-27-18-19-29(25(3)20-27)38-35(44)39-30(21-26-15-9-8-10-16-26)31(41)34(43)40-23-45-36(4,5)32(40)33(42)37-22-28-17-12-11-13-24(28)2/h8-13,15-20,30-32,41H,6-7,14,21-23H2,1-5H3,(H,37,42)(H2,38,39,44)/t30-,31-,32+/m0/s1. The van der Waals surface area contributed by atoms with Crippen molar-refractivity contribution in [2.45, 2.75) is 89.8 Å². The van der Waals surface area contributed by atoms with Gasteiger partial charge in [-0.1, -0.05) is 80.1 Å². The fraction of sp³-hybridized carbons (Fsp3) is 0.417. The number of aliphatic hydroxyl groups excluding tert-OH is 1. The highest BCUT2D eigenvalue weighted by Gasteiger charge is 2.49. The molecule has 0 aliphatic carbocycles. The van der Waals surface area contributed by atoms with E-state index in [1.165, 1.54) is 22.2 Å². The van der Waals surface area contributed by atoms with Crippen molar-refractivity contribution >= 4 is 35.3 Å². The summed E-state index contributed by atoms with van der Waals surface area (Å²) in [6, 6.07) is 21.0. The normalized spacial score (nSPS) is 16.9. The summed E-state index contributed by atoms with van der Waals surface area (Å²) in [5.74, 6) is -0.627. The van der Waals surface area contributed by atoms with E-state index in [-0.39, 0.29) is 18.2 Å². The minimum atomic E-state index is -1.57. The average molecular weight is 631 g/mol. The number of amides is 4. The number of thioether (sulfide) groups is 1. The summed E-state index contributed by atoms with van der Waals surface area (Å²) in [6.07, 6.45) is 1.84. The van der Waals surface area contributed by atoms with Crippen LogP contribution in [0.1, 0.15) is 61.4 Å². The number of hydrogen-bond acceptors (Lipinski definition) is 5. The van der Waals surface area contributed by atoms with E-state index < -0.39 is 34.9 Å². The Labute approximate surface area is 271 Å². The Kier molecular flexibility index (Phi) is 11.7. The van der Waals surface area contributed by atoms with Crippen molar-refractivity contribution in [1.82, 2.24) is 15.5 Å². The molecule has 3 atom stereocenters. The first-order valence-electron chi connectivity index (χ1n) is 15.7. The summed E-state index contributed by atoms with van der Waals surface area (Å²) in [7, 11) is 0. The van der Waals surface area contributed by atoms with Gasteiger partial charge in [-0.05, 0) is 80.8 Å². The smallest absolute Gasteiger partial charge is 0.319 e. The van der Waals surface area contributed by atoms with Gasteiger partial charge in [-0.3, -0.25) is 9.59 Å². The number of nitrogens with zero attached hydrogens (tertiary/aromatic N) is 1. The molecule has 1 heterocycles. The van der Waals surface area contributed by atoms with Crippen molar-refractivity contribution in [3.05, 3.63) is 101 Å². The fourth-order valence-electron chi connectivity index (χ4n) is 5.68. The SMILES string of the molecule is CCCCc1ccc(NC(=O)N[C@@H](Cc2ccccc2)[C@H](O)C(=O)N2CSC(C)(C)[C@H]2C(=O)NCc2ccccc2C)c(C)c1. The summed E-state index contributed by atoms with van der Waals surface area (Å²) in [4.78, 5) is 42.2. The summed E-state index contributed by atoms with van der Waals surface area (Å²) < 4.78 is -0.578. The molecule has 0 bridgehead atoms. The van der Waals surface area contributed by atoms with Crippen molar-refractivity contribution in [1.29, 1.82) is 0 Å². The number of carbonyl (C=O) groups is 3. The third kappa shape index (κ3) is 8.89. The van der Waals surface area contributed by atoms with Crippen LogP contribution < -0.4 is 16.0 Å². The lowest BCUT2D eigenvalue weighted by atomic mass is 9.97. The minimum absolute atomic E-state index is 0.227. The molecule has 4 rings (SSSR count). The van der Waals surface area contributed by atoms with E-state index >= 15 is 0 Å². The number of aryl methyl sites for hydroxylation is 3. The number of hydrogen-bond donors (Lipinski definition) is 4. The van der Waals surface area contributed by atoms with Crippen LogP contribution in [0.25, 0.3) is 0 Å². The number of benzene rings is 3. The molecule has 8 nitrogen and oxygen atoms in total. The molecule has 240 valence electrons. The number of urea groups is 1. The highest BCUT2D eigenvalue weighted by Crippen LogP contribution is 2.40. The first-order chi connectivity index (χ1) is 21.5. The Morgan fingerprint density at radius 2 is 1.69 bits per heavy atom. The molecule has 3 aromatic carbocycles. The first-order valence-corrected chi connectivity index (χ1v) is 16.6. The zero-order valence-electron chi connectivity index (χ0n) is 26.9. The van der Waals surface area contributed by atoms with Crippen molar-refractivity contribution in [3.63, 3.8) is 0 Å². The summed E-state index contributed by atoms with van der Waals surface area (Å²) >= 11 is 1.49. The minimum Gasteiger partial charge on any atom is -0.381 e. The lowest BCUT2D eigenvalue weighted by molar-refractivity contribution is -0.147. The lowest BCUT2D eigenvalue weighted by Gasteiger charge is -2.33. The van der Waals surface area contributed by atoms with Gasteiger partial charge in [-0.2, -0.15) is 0 Å². The van der Waals surface area contributed by atoms with E-state index in [1.807, 2.05) is 94.4 Å². The molecule has 3 aromatic rings. The molecule has 1 aliphatic heterocycles. The average Bonchev–Trinajstić information content (AvgIpc) is 3.34. The molecule has 0 unspecified atom stereocenters. The van der Waals surface area contributed by atoms with Gasteiger partial charge in [0.1, 0.15) is 6.04 Å². The molecule has 0 spiro atoms. The van der Waals surface area contributed by atoms with E-state index in [4.69, 9.17) is 0 Å². The second-order valence-electron chi connectivity index (χ2n) is 12.3. The molecule has 0 saturated carbocycles. The molecular formula is C36H46N4O4S. The zero-order valence-corrected chi connectivity index (χ0v) is 27.7. The largest absolute Gasteiger partial charge is 0.381 e. The van der Waals surface area contributed by atoms with Gasteiger partial charge in [-0.25, -0.2) is 4.79 Å². The van der Waals surface area contributed by atoms with Gasteiger partial charge in [0.25, 0.3) is 5.91 Å². The Hall–Kier alpha value is -3.82. The van der Waals surface area contributed by atoms with Crippen LogP contribution in [0.4, 0.5) is 10.5 Å². The lowest BCUT2D eigenvalue weighted by Crippen LogP contribution is -2.59. The van der Waals surface area contributed by atoms with Crippen molar-refractivity contribution < 1.29 is 19.5 Å². The molecule has 1 saturated heterocycles. The van der Waals surface area contributed by atoms with Crippen LogP contribution in [0.2, 0.25) is 0 Å². The van der Waals surface area contributed by atoms with Crippen molar-refractivity contribution in [2.24, 2.45) is 0 Å². The second-order valence-corrected chi connectivity index (χ2v) is 13.9. The van der Waals surface area contributed by atoms with Gasteiger partial charge in [0.05, 0.1) is 11.9 Å². The highest BCUT2D eigenvalue weighted by molar-refractivity contribution is 8.00. The molecule has 1 fully saturated rings. The summed E-state index contributed by atoms with van der Waals surface area (Å²) in [6.45, 7) is 10.3. The van der Waals surface area contributed by atoms with Crippen LogP contribution in [0.3, 0.4) is 0 Å². The number of nitrogens with one attached hydrogen (secondary N) is 3. The predicted octanol–water partition coefficient (Wildman–Crippen LogP) is 5.74. The predicted molar refractivity (Wildman–Crippen MR) is 182 cm³/mol. The van der Waals surface area contributed by atoms with Crippen LogP contribution in [0.5, 0.6) is 0 Å². The van der Waals surface area contributed by atoms with Gasteiger partial charge < -0.3 is 26.0 Å². The number of carbonyl (C=O) groups excluding carboxylic acids is 3. The molecule has 0 aromatic heterocycles. The van der Waals surface area contributed by atoms with Gasteiger partial charge >= 0.3 is 6.03 Å². The Morgan fingerprint density at radius 1 is 0.978 bits per heavy atom. The van der Waals surface area contributed by atoms with Gasteiger partial charge in [-0.15, -0.1) is 11.8 Å². The number of anilines is 1. The third-order valence-electron chi connectivity index (χ3n) is 8.40. The number of rotatable bonds is 12. The molecule has 4 amide bonds. The van der Waals surface area contributed by atoms with Crippen molar-refractivity contribution in [3.8, 4) is 0 Å². The third-order valence-corrected chi connectivity index (χ3v) is 9.77. The molecular weight excluding hydrogens is 584 g/mol. The molecule has 45 heavy (non-hydrogen) atoms. The van der Waals surface area contributed by atoms with E-state index in [9.17, 15) is 19.5 Å². The van der Waals surface area contributed by atoms with Gasteiger partial charge in [0.15, 0.2) is 6.10 Å². The maximum atomic E-state index is 13.9. The fourth-order valence-corrected chi connectivity index (χ4v) is 6.82. The zero-order chi connectivity index (χ0) is 32.6. The van der Waals surface area contributed by atoms with E-state index in [1.54, 1.807) is 0 Å². The first kappa shape index (κ1) is 34.1. The van der Waals surface area contributed by atoms with Gasteiger partial charge in [0.2, 0.25) is 5.91 Å². The maximum absolute atomic E-state index is 13.9. The number of unbranched alkanes of at least 4 members (excludes halogenated alkanes) is 1. The van der Waals surface area contributed by atoms with Crippen LogP contribution in [-0.4, -0.2) is 56.7 Å². The monoisotopic (exact) mass is 630 g/mol. The molecule has 0 radical (unpaired) electrons. The van der Waals surface area contributed by atoms with Crippen molar-refractivity contribution in [2.75, 3.05) is 11.2 Å². The van der Waals surface area contributed by atoms with E-state index in [2.05, 4.69) is 28.9 Å². The quantitative estimate of drug-likeness (QED) is 0.204.